The highest BCUT2D eigenvalue weighted by Crippen LogP contribution is 2.41. The Labute approximate surface area is 804 Å². The lowest BCUT2D eigenvalue weighted by Gasteiger charge is -2.06. The van der Waals surface area contributed by atoms with Crippen LogP contribution in [0.4, 0.5) is 34.1 Å². The lowest BCUT2D eigenvalue weighted by atomic mass is 10.1. The van der Waals surface area contributed by atoms with Crippen LogP contribution < -0.4 is 71.0 Å². The maximum atomic E-state index is 12.6. The van der Waals surface area contributed by atoms with Crippen molar-refractivity contribution in [3.63, 3.8) is 0 Å². The third-order valence-electron chi connectivity index (χ3n) is 22.6. The predicted octanol–water partition coefficient (Wildman–Crippen LogP) is 15.4. The van der Waals surface area contributed by atoms with E-state index in [4.69, 9.17) is 39.1 Å². The van der Waals surface area contributed by atoms with Crippen molar-refractivity contribution in [3.8, 4) is 5.75 Å². The summed E-state index contributed by atoms with van der Waals surface area (Å²) in [6.07, 6.45) is 7.68. The van der Waals surface area contributed by atoms with Crippen molar-refractivity contribution in [2.75, 3.05) is 41.0 Å². The Bertz CT molecular complexity index is 6980. The molecule has 6 amide bonds. The molecule has 16 heterocycles. The summed E-state index contributed by atoms with van der Waals surface area (Å²) in [4.78, 5) is 93.8. The minimum atomic E-state index is -0.219. The quantitative estimate of drug-likeness (QED) is 0.0379. The Morgan fingerprint density at radius 2 is 0.574 bits per heavy atom. The van der Waals surface area contributed by atoms with E-state index in [9.17, 15) is 28.8 Å². The van der Waals surface area contributed by atoms with E-state index in [0.29, 0.717) is 132 Å². The second-order valence-corrected chi connectivity index (χ2v) is 37.7. The van der Waals surface area contributed by atoms with E-state index in [1.807, 2.05) is 205 Å². The fourth-order valence-electron chi connectivity index (χ4n) is 14.3. The van der Waals surface area contributed by atoms with E-state index in [-0.39, 0.29) is 35.4 Å². The molecule has 0 atom stereocenters. The summed E-state index contributed by atoms with van der Waals surface area (Å²) >= 11 is 7.63. The number of thiophene rings is 6. The Kier molecular flexibility index (Phi) is 30.7. The van der Waals surface area contributed by atoms with E-state index in [1.165, 1.54) is 79.1 Å². The molecule has 18 aromatic rings. The van der Waals surface area contributed by atoms with E-state index >= 15 is 0 Å². The first-order valence-corrected chi connectivity index (χ1v) is 47.5. The second-order valence-electron chi connectivity index (χ2n) is 31.7. The van der Waals surface area contributed by atoms with Gasteiger partial charge in [-0.3, -0.25) is 43.7 Å². The summed E-state index contributed by atoms with van der Waals surface area (Å²) in [5.74, 6) is -0.242. The zero-order valence-electron chi connectivity index (χ0n) is 76.5. The number of fused-ring (bicyclic) bond motifs is 7. The number of carbonyl (C=O) groups is 6. The molecule has 0 radical (unpaired) electrons. The van der Waals surface area contributed by atoms with Crippen molar-refractivity contribution < 1.29 is 33.5 Å². The monoisotopic (exact) mass is 1930 g/mol. The number of rotatable bonds is 18. The number of aryl methyl sites for hydroxylation is 13. The summed E-state index contributed by atoms with van der Waals surface area (Å²) in [5, 5.41) is 71.6. The molecule has 19 rings (SSSR count). The number of hydrogen-bond donors (Lipinski definition) is 12. The average molecular weight is 1930 g/mol. The van der Waals surface area contributed by atoms with Crippen LogP contribution in [0.2, 0.25) is 0 Å². The molecule has 0 saturated heterocycles. The first-order chi connectivity index (χ1) is 65.3. The molecular weight excluding hydrogens is 1840 g/mol. The van der Waals surface area contributed by atoms with Crippen molar-refractivity contribution >= 4 is 199 Å². The van der Waals surface area contributed by atoms with Crippen molar-refractivity contribution in [3.05, 3.63) is 288 Å². The maximum absolute atomic E-state index is 12.6. The highest BCUT2D eigenvalue weighted by molar-refractivity contribution is 7.23. The molecule has 0 bridgehead atoms. The zero-order valence-corrected chi connectivity index (χ0v) is 81.4. The van der Waals surface area contributed by atoms with Crippen LogP contribution in [-0.4, -0.2) is 118 Å². The number of aromatic nitrogens is 15. The number of benzene rings is 3. The van der Waals surface area contributed by atoms with Gasteiger partial charge in [-0.2, -0.15) is 30.6 Å². The van der Waals surface area contributed by atoms with Gasteiger partial charge < -0.3 is 71.0 Å². The fraction of sp³-hybridized carbons (Fsp3) is 0.219. The van der Waals surface area contributed by atoms with Gasteiger partial charge in [-0.25, -0.2) is 0 Å². The molecule has 15 aromatic heterocycles. The number of nitrogens with one attached hydrogen (secondary N) is 6. The number of anilines is 6. The molecule has 0 aliphatic carbocycles. The number of carbonyl (C=O) groups excluding carboxylic acids is 6. The van der Waals surface area contributed by atoms with Crippen molar-refractivity contribution in [2.24, 2.45) is 0 Å². The first-order valence-electron chi connectivity index (χ1n) is 42.7. The Morgan fingerprint density at radius 1 is 0.294 bits per heavy atom. The molecule has 3 aromatic carbocycles. The van der Waals surface area contributed by atoms with E-state index in [1.54, 1.807) is 24.8 Å². The lowest BCUT2D eigenvalue weighted by molar-refractivity contribution is 0.0947. The first kappa shape index (κ1) is 96.8. The highest BCUT2D eigenvalue weighted by atomic mass is 32.1. The van der Waals surface area contributed by atoms with Gasteiger partial charge in [0.2, 0.25) is 0 Å². The molecule has 1 aliphatic heterocycles. The smallest absolute Gasteiger partial charge is 0.263 e. The number of pyridine rings is 3. The van der Waals surface area contributed by atoms with Crippen molar-refractivity contribution in [1.29, 1.82) is 0 Å². The molecule has 136 heavy (non-hydrogen) atoms. The van der Waals surface area contributed by atoms with Gasteiger partial charge in [0.05, 0.1) is 99.4 Å². The van der Waals surface area contributed by atoms with Gasteiger partial charge in [-0.1, -0.05) is 84.4 Å². The third-order valence-corrected chi connectivity index (χ3v) is 29.1. The molecule has 694 valence electrons. The van der Waals surface area contributed by atoms with Crippen LogP contribution in [0, 0.1) is 90.0 Å². The molecule has 0 spiro atoms. The fourth-order valence-corrected chi connectivity index (χ4v) is 20.4. The van der Waals surface area contributed by atoms with Crippen LogP contribution in [0.1, 0.15) is 170 Å². The molecule has 0 unspecified atom stereocenters. The lowest BCUT2D eigenvalue weighted by Crippen LogP contribution is -2.23. The number of amides is 6. The van der Waals surface area contributed by atoms with Crippen LogP contribution in [0.25, 0.3) is 61.3 Å². The van der Waals surface area contributed by atoms with Crippen LogP contribution in [0.3, 0.4) is 0 Å². The molecule has 0 saturated carbocycles. The van der Waals surface area contributed by atoms with Crippen LogP contribution in [-0.2, 0) is 45.7 Å². The normalized spacial score (nSPS) is 11.2. The topological polar surface area (TPSA) is 533 Å². The highest BCUT2D eigenvalue weighted by Gasteiger charge is 2.28. The number of hydrogen-bond acceptors (Lipinski definition) is 34. The van der Waals surface area contributed by atoms with Gasteiger partial charge in [-0.05, 0) is 194 Å². The SMILES string of the molecule is Cc1cccc(CNC(=O)c2sc3nnc(C)c(C)c3c2N)c1.Cc1nnc2sc(C(=O)NCc3ccc4c(c3)CCO4)c(N)c2c1C.Cc1nnc2sc(C(=O)NCc3ccccc3)c(N)c2c1C.Cc1nnc2sc(C(=O)NCc3ccccn3)c(N)c2c1C.Cc1nnc2sc(C(=O)NCc3ccccn3)c(N)c2c1C.Cc1nnc2sc(C(=O)NCc3ccncc3)c(N)c2c1C. The Hall–Kier alpha value is -15.2. The summed E-state index contributed by atoms with van der Waals surface area (Å²) in [7, 11) is 0. The zero-order chi connectivity index (χ0) is 96.9. The number of ether oxygens (including phenoxy) is 1. The third kappa shape index (κ3) is 22.0. The van der Waals surface area contributed by atoms with Crippen LogP contribution in [0.5, 0.6) is 5.75 Å². The van der Waals surface area contributed by atoms with E-state index in [2.05, 4.69) is 114 Å². The maximum Gasteiger partial charge on any atom is 0.263 e. The minimum absolute atomic E-state index is 0.177. The Balaban J connectivity index is 0.000000131. The molecule has 34 nitrogen and oxygen atoms in total. The number of nitrogens with two attached hydrogens (primary N) is 6. The second kappa shape index (κ2) is 43.2. The molecule has 0 fully saturated rings. The number of nitrogen functional groups attached to an aromatic ring is 6. The van der Waals surface area contributed by atoms with Gasteiger partial charge in [0, 0.05) is 89.7 Å². The minimum Gasteiger partial charge on any atom is -0.493 e. The standard InChI is InChI=1S/C18H18N4O2S.C17H18N4OS.C16H16N4OS.3C15H15N5OS/c1-9-10(2)21-22-18-14(9)15(19)16(25-18)17(23)20-8-11-3-4-13-12(7-11)5-6-24-13;1-9-5-4-6-12(7-9)8-19-16(22)15-14(18)13-10(2)11(3)20-21-17(13)23-15;1-9-10(2)19-20-16-12(9)13(17)14(22-16)15(21)18-8-11-6-4-3-5-7-11;1-8-9(2)19-20-15-11(8)12(16)13(22-15)14(21)18-7-10-3-5-17-6-4-10;2*1-8-9(2)19-20-15-11(8)12(16)13(22-15)14(21)18-7-10-5-3-4-6-17-10/h3-4,7H,5-6,8,19H2,1-2H3,(H,20,23);4-7H,8,18H2,1-3H3,(H,19,22);3-7H,8,17H2,1-2H3,(H,18,21);3*3-6H,7,16H2,1-2H3,(H,18,21). The molecule has 1 aliphatic rings. The van der Waals surface area contributed by atoms with Gasteiger partial charge in [0.1, 0.15) is 64.0 Å². The summed E-state index contributed by atoms with van der Waals surface area (Å²) in [6.45, 7) is 28.2. The van der Waals surface area contributed by atoms with Gasteiger partial charge in [0.15, 0.2) is 0 Å². The predicted molar refractivity (Wildman–Crippen MR) is 541 cm³/mol. The number of nitrogens with zero attached hydrogens (tertiary/aromatic N) is 15. The van der Waals surface area contributed by atoms with Gasteiger partial charge >= 0.3 is 0 Å². The van der Waals surface area contributed by atoms with Crippen LogP contribution in [0.15, 0.2) is 146 Å². The van der Waals surface area contributed by atoms with Crippen LogP contribution >= 0.6 is 68.0 Å². The summed E-state index contributed by atoms with van der Waals surface area (Å²) in [5.41, 5.74) is 58.7. The summed E-state index contributed by atoms with van der Waals surface area (Å²) in [6, 6.07) is 38.6. The molecule has 18 N–H and O–H groups in total. The Morgan fingerprint density at radius 3 is 0.875 bits per heavy atom. The average Bonchev–Trinajstić information content (AvgIpc) is 1.66. The van der Waals surface area contributed by atoms with Crippen molar-refractivity contribution in [1.82, 2.24) is 108 Å². The largest absolute Gasteiger partial charge is 0.493 e. The van der Waals surface area contributed by atoms with Gasteiger partial charge in [0.25, 0.3) is 35.4 Å². The van der Waals surface area contributed by atoms with Crippen molar-refractivity contribution in [2.45, 2.75) is 136 Å². The molecule has 40 heteroatoms. The van der Waals surface area contributed by atoms with Gasteiger partial charge in [-0.15, -0.1) is 98.6 Å². The molecular formula is C96H97N27O7S6. The summed E-state index contributed by atoms with van der Waals surface area (Å²) < 4.78 is 5.50. The van der Waals surface area contributed by atoms with E-state index in [0.717, 1.165) is 152 Å². The van der Waals surface area contributed by atoms with E-state index < -0.39 is 0 Å².